The maximum atomic E-state index is 12.0. The minimum Gasteiger partial charge on any atom is -0.478 e. The highest BCUT2D eigenvalue weighted by Crippen LogP contribution is 2.19. The van der Waals surface area contributed by atoms with Crippen LogP contribution in [0.1, 0.15) is 20.7 Å². The van der Waals surface area contributed by atoms with Crippen LogP contribution in [0.2, 0.25) is 0 Å². The van der Waals surface area contributed by atoms with Crippen molar-refractivity contribution >= 4 is 41.1 Å². The van der Waals surface area contributed by atoms with E-state index >= 15 is 0 Å². The quantitative estimate of drug-likeness (QED) is 0.127. The van der Waals surface area contributed by atoms with Gasteiger partial charge in [0.1, 0.15) is 0 Å². The minimum atomic E-state index is -1.00. The number of aromatic nitrogens is 3. The molecule has 1 aromatic heterocycles. The fraction of sp³-hybridized carbons (Fsp3) is 0.207. The number of nitrogens with zero attached hydrogens (tertiary/aromatic N) is 3. The second-order valence-electron chi connectivity index (χ2n) is 8.58. The number of benzene rings is 3. The topological polar surface area (TPSA) is 160 Å². The molecule has 0 aliphatic carbocycles. The lowest BCUT2D eigenvalue weighted by atomic mass is 10.2. The first kappa shape index (κ1) is 28.9. The van der Waals surface area contributed by atoms with E-state index in [0.717, 1.165) is 5.69 Å². The average molecular weight is 558 g/mol. The normalized spacial score (nSPS) is 10.5. The molecular formula is C29H31N7O5. The molecule has 0 saturated carbocycles. The van der Waals surface area contributed by atoms with Crippen molar-refractivity contribution in [3.63, 3.8) is 0 Å². The Morgan fingerprint density at radius 1 is 0.610 bits per heavy atom. The molecule has 1 heterocycles. The molecule has 0 unspecified atom stereocenters. The summed E-state index contributed by atoms with van der Waals surface area (Å²) in [7, 11) is 0. The summed E-state index contributed by atoms with van der Waals surface area (Å²) in [6.07, 6.45) is 0. The molecule has 0 fully saturated rings. The molecule has 212 valence electrons. The Balaban J connectivity index is 1.21. The van der Waals surface area contributed by atoms with Gasteiger partial charge in [-0.15, -0.1) is 0 Å². The van der Waals surface area contributed by atoms with Crippen molar-refractivity contribution in [1.82, 2.24) is 20.3 Å². The van der Waals surface area contributed by atoms with Gasteiger partial charge in [-0.25, -0.2) is 4.79 Å². The third-order valence-corrected chi connectivity index (χ3v) is 5.52. The molecular weight excluding hydrogens is 526 g/mol. The Morgan fingerprint density at radius 2 is 1.15 bits per heavy atom. The largest absolute Gasteiger partial charge is 0.478 e. The molecule has 0 aliphatic rings. The van der Waals surface area contributed by atoms with Gasteiger partial charge in [-0.05, 0) is 48.5 Å². The number of nitrogens with one attached hydrogen (secondary N) is 4. The van der Waals surface area contributed by atoms with E-state index in [9.17, 15) is 9.59 Å². The van der Waals surface area contributed by atoms with Crippen LogP contribution >= 0.6 is 0 Å². The first-order valence-corrected chi connectivity index (χ1v) is 13.0. The molecule has 3 aromatic carbocycles. The van der Waals surface area contributed by atoms with Crippen LogP contribution in [-0.4, -0.2) is 71.5 Å². The Morgan fingerprint density at radius 3 is 1.76 bits per heavy atom. The third kappa shape index (κ3) is 9.88. The summed E-state index contributed by atoms with van der Waals surface area (Å²) in [6, 6.07) is 24.8. The second kappa shape index (κ2) is 15.5. The number of hydrogen-bond donors (Lipinski definition) is 5. The highest BCUT2D eigenvalue weighted by molar-refractivity contribution is 5.94. The number of aromatic carboxylic acids is 1. The Kier molecular flexibility index (Phi) is 10.9. The average Bonchev–Trinajstić information content (AvgIpc) is 2.99. The third-order valence-electron chi connectivity index (χ3n) is 5.52. The van der Waals surface area contributed by atoms with Crippen LogP contribution in [0.5, 0.6) is 0 Å². The lowest BCUT2D eigenvalue weighted by molar-refractivity contribution is 0.0519. The van der Waals surface area contributed by atoms with Crippen molar-refractivity contribution in [2.24, 2.45) is 0 Å². The summed E-state index contributed by atoms with van der Waals surface area (Å²) in [5, 5.41) is 21.3. The number of carboxylic acid groups (broad SMARTS) is 1. The van der Waals surface area contributed by atoms with Gasteiger partial charge in [-0.3, -0.25) is 4.79 Å². The zero-order chi connectivity index (χ0) is 28.7. The summed E-state index contributed by atoms with van der Waals surface area (Å²) in [6.45, 7) is 2.42. The number of carbonyl (C=O) groups is 2. The highest BCUT2D eigenvalue weighted by Gasteiger charge is 2.09. The van der Waals surface area contributed by atoms with Crippen LogP contribution in [-0.2, 0) is 9.47 Å². The summed E-state index contributed by atoms with van der Waals surface area (Å²) in [4.78, 5) is 36.4. The number of para-hydroxylation sites is 1. The summed E-state index contributed by atoms with van der Waals surface area (Å²) in [5.74, 6) is -0.202. The zero-order valence-corrected chi connectivity index (χ0v) is 22.2. The van der Waals surface area contributed by atoms with E-state index in [-0.39, 0.29) is 17.4 Å². The summed E-state index contributed by atoms with van der Waals surface area (Å²) < 4.78 is 11.1. The van der Waals surface area contributed by atoms with Gasteiger partial charge in [0.15, 0.2) is 0 Å². The molecule has 41 heavy (non-hydrogen) atoms. The van der Waals surface area contributed by atoms with Crippen LogP contribution < -0.4 is 21.3 Å². The number of rotatable bonds is 16. The van der Waals surface area contributed by atoms with Gasteiger partial charge in [0, 0.05) is 30.0 Å². The number of carboxylic acids is 1. The monoisotopic (exact) mass is 557 g/mol. The van der Waals surface area contributed by atoms with Crippen LogP contribution in [0.15, 0.2) is 84.9 Å². The van der Waals surface area contributed by atoms with E-state index < -0.39 is 5.97 Å². The highest BCUT2D eigenvalue weighted by atomic mass is 16.5. The predicted octanol–water partition coefficient (Wildman–Crippen LogP) is 3.93. The number of anilines is 5. The van der Waals surface area contributed by atoms with Crippen molar-refractivity contribution in [2.75, 3.05) is 55.5 Å². The van der Waals surface area contributed by atoms with Gasteiger partial charge in [0.25, 0.3) is 5.91 Å². The van der Waals surface area contributed by atoms with Gasteiger partial charge < -0.3 is 35.8 Å². The van der Waals surface area contributed by atoms with Gasteiger partial charge in [-0.1, -0.05) is 36.4 Å². The number of amides is 1. The van der Waals surface area contributed by atoms with E-state index in [1.807, 2.05) is 48.5 Å². The van der Waals surface area contributed by atoms with Gasteiger partial charge >= 0.3 is 5.97 Å². The molecule has 4 aromatic rings. The molecule has 0 radical (unpaired) electrons. The van der Waals surface area contributed by atoms with Gasteiger partial charge in [-0.2, -0.15) is 15.0 Å². The van der Waals surface area contributed by atoms with Crippen molar-refractivity contribution in [1.29, 1.82) is 0 Å². The summed E-state index contributed by atoms with van der Waals surface area (Å²) in [5.41, 5.74) is 2.23. The predicted molar refractivity (Wildman–Crippen MR) is 155 cm³/mol. The van der Waals surface area contributed by atoms with Gasteiger partial charge in [0.05, 0.1) is 32.0 Å². The molecule has 12 heteroatoms. The van der Waals surface area contributed by atoms with Gasteiger partial charge in [0.2, 0.25) is 17.8 Å². The lowest BCUT2D eigenvalue weighted by Gasteiger charge is -2.12. The zero-order valence-electron chi connectivity index (χ0n) is 22.2. The minimum absolute atomic E-state index is 0.133. The van der Waals surface area contributed by atoms with E-state index in [2.05, 4.69) is 36.2 Å². The summed E-state index contributed by atoms with van der Waals surface area (Å²) >= 11 is 0. The molecule has 0 atom stereocenters. The standard InChI is InChI=1S/C29H31N7O5/c37-25(21-7-3-1-4-8-21)30-15-17-40-19-20-41-18-16-31-27-34-28(32-23-9-5-2-6-10-23)36-29(35-27)33-24-13-11-22(12-14-24)26(38)39/h1-14H,15-20H2,(H,30,37)(H,38,39)(H3,31,32,33,34,35,36). The molecule has 0 aliphatic heterocycles. The SMILES string of the molecule is O=C(O)c1ccc(Nc2nc(NCCOCCOCCNC(=O)c3ccccc3)nc(Nc3ccccc3)n2)cc1. The fourth-order valence-corrected chi connectivity index (χ4v) is 3.53. The Hall–Kier alpha value is -5.07. The maximum absolute atomic E-state index is 12.0. The van der Waals surface area contributed by atoms with Crippen LogP contribution in [0.25, 0.3) is 0 Å². The second-order valence-corrected chi connectivity index (χ2v) is 8.58. The van der Waals surface area contributed by atoms with Crippen molar-refractivity contribution in [3.8, 4) is 0 Å². The molecule has 1 amide bonds. The maximum Gasteiger partial charge on any atom is 0.335 e. The number of hydrogen-bond acceptors (Lipinski definition) is 10. The Bertz CT molecular complexity index is 1390. The van der Waals surface area contributed by atoms with Crippen LogP contribution in [0.3, 0.4) is 0 Å². The molecule has 4 rings (SSSR count). The lowest BCUT2D eigenvalue weighted by Crippen LogP contribution is -2.27. The number of carbonyl (C=O) groups excluding carboxylic acids is 1. The van der Waals surface area contributed by atoms with Crippen molar-refractivity contribution in [3.05, 3.63) is 96.1 Å². The van der Waals surface area contributed by atoms with E-state index in [1.165, 1.54) is 12.1 Å². The van der Waals surface area contributed by atoms with Crippen molar-refractivity contribution < 1.29 is 24.2 Å². The van der Waals surface area contributed by atoms with E-state index in [1.54, 1.807) is 24.3 Å². The fourth-order valence-electron chi connectivity index (χ4n) is 3.53. The Labute approximate surface area is 237 Å². The van der Waals surface area contributed by atoms with E-state index in [0.29, 0.717) is 62.7 Å². The van der Waals surface area contributed by atoms with Crippen LogP contribution in [0.4, 0.5) is 29.2 Å². The number of ether oxygens (including phenoxy) is 2. The van der Waals surface area contributed by atoms with Crippen molar-refractivity contribution in [2.45, 2.75) is 0 Å². The molecule has 0 spiro atoms. The van der Waals surface area contributed by atoms with E-state index in [4.69, 9.17) is 14.6 Å². The molecule has 12 nitrogen and oxygen atoms in total. The molecule has 0 saturated heterocycles. The molecule has 0 bridgehead atoms. The first-order chi connectivity index (χ1) is 20.1. The first-order valence-electron chi connectivity index (χ1n) is 13.0. The smallest absolute Gasteiger partial charge is 0.335 e. The van der Waals surface area contributed by atoms with Crippen LogP contribution in [0, 0.1) is 0 Å². The molecule has 5 N–H and O–H groups in total.